The molecule has 1 saturated heterocycles. The van der Waals surface area contributed by atoms with E-state index in [-0.39, 0.29) is 141 Å². The summed E-state index contributed by atoms with van der Waals surface area (Å²) in [5, 5.41) is 98.2. The fraction of sp³-hybridized carbons (Fsp3) is 0.667. The van der Waals surface area contributed by atoms with Crippen LogP contribution in [0, 0.1) is 11.8 Å². The van der Waals surface area contributed by atoms with Crippen molar-refractivity contribution in [3.8, 4) is 0 Å². The Labute approximate surface area is 591 Å². The highest BCUT2D eigenvalue weighted by Gasteiger charge is 2.56. The molecule has 0 saturated carbocycles. The maximum absolute atomic E-state index is 17.2. The van der Waals surface area contributed by atoms with Gasteiger partial charge in [-0.25, -0.2) is 9.59 Å². The van der Waals surface area contributed by atoms with Crippen molar-refractivity contribution in [2.45, 2.75) is 185 Å². The Morgan fingerprint density at radius 3 is 1.31 bits per heavy atom. The molecule has 1 aliphatic rings. The molecule has 6 atom stereocenters. The number of aliphatic carboxylic acids is 9. The summed E-state index contributed by atoms with van der Waals surface area (Å²) in [7, 11) is -3.81. The molecule has 34 nitrogen and oxygen atoms in total. The highest BCUT2D eigenvalue weighted by atomic mass is 28.4. The van der Waals surface area contributed by atoms with Gasteiger partial charge in [0.05, 0.1) is 31.5 Å². The number of nitrogens with zero attached hydrogens (tertiary/aromatic N) is 4. The molecular formula is C66H102FN9O25Si. The van der Waals surface area contributed by atoms with Gasteiger partial charge in [0.2, 0.25) is 23.6 Å². The van der Waals surface area contributed by atoms with Gasteiger partial charge in [0.25, 0.3) is 14.3 Å². The second-order valence-corrected chi connectivity index (χ2v) is 32.4. The number of amides is 5. The van der Waals surface area contributed by atoms with E-state index < -0.39 is 208 Å². The van der Waals surface area contributed by atoms with E-state index >= 15 is 4.11 Å². The molecule has 5 amide bonds. The highest BCUT2D eigenvalue weighted by Crippen LogP contribution is 2.51. The van der Waals surface area contributed by atoms with Crippen LogP contribution in [0.3, 0.4) is 0 Å². The van der Waals surface area contributed by atoms with Crippen molar-refractivity contribution in [2.24, 2.45) is 11.8 Å². The summed E-state index contributed by atoms with van der Waals surface area (Å²) < 4.78 is 17.2. The third kappa shape index (κ3) is 33.3. The third-order valence-electron chi connectivity index (χ3n) is 17.4. The number of hydrogen-bond donors (Lipinski definition) is 14. The first-order valence-corrected chi connectivity index (χ1v) is 35.6. The molecule has 2 rings (SSSR count). The van der Waals surface area contributed by atoms with Gasteiger partial charge in [0, 0.05) is 122 Å². The lowest BCUT2D eigenvalue weighted by atomic mass is 9.90. The van der Waals surface area contributed by atoms with Crippen molar-refractivity contribution in [3.05, 3.63) is 29.8 Å². The van der Waals surface area contributed by atoms with Gasteiger partial charge in [-0.3, -0.25) is 86.7 Å². The van der Waals surface area contributed by atoms with E-state index in [1.54, 1.807) is 41.5 Å². The first-order chi connectivity index (χ1) is 47.5. The van der Waals surface area contributed by atoms with E-state index in [0.29, 0.717) is 5.19 Å². The lowest BCUT2D eigenvalue weighted by Crippen LogP contribution is -2.58. The van der Waals surface area contributed by atoms with Crippen molar-refractivity contribution in [1.82, 2.24) is 46.2 Å². The van der Waals surface area contributed by atoms with Crippen LogP contribution < -0.4 is 31.8 Å². The first-order valence-electron chi connectivity index (χ1n) is 33.7. The standard InChI is InChI=1S/C66H102FN9O25Si/c1-65(2,3)102(67,66(4,5)6)46-19-14-41(15-20-46)58(90)72-49(37-69-52(80)24-21-50(64(100)101)76-33-31-74(39-56(86)87)29-27-73(38-55(84)85)28-30-75(32-34-76)40-57(88)89)59(91)71-48(63(98)99)13-9-10-26-68-51(79)23-18-44(77)11-7-8-12-47(62(96)97)70-53(81)22-16-42(60(92)93)35-45(78)36-43(61(94)95)17-25-54(82)83/h14-15,19-20,42-43,47-50H,7-13,16-18,21-40H2,1-6H3,(H,68,79)(H,69,80)(H,70,81)(H,71,91)(H,72,90)(H,82,83)(H,84,85)(H,86,87)(H,88,89)(H,92,93)(H,94,95)(H,96,97)(H,98,99)(H,100,101)/t42-,43-,47+,48+,49-,50-/m1/s1. The zero-order valence-corrected chi connectivity index (χ0v) is 59.7. The molecule has 0 bridgehead atoms. The first kappa shape index (κ1) is 89.2. The van der Waals surface area contributed by atoms with Gasteiger partial charge < -0.3 is 76.7 Å². The monoisotopic (exact) mass is 1470 g/mol. The van der Waals surface area contributed by atoms with E-state index in [2.05, 4.69) is 26.6 Å². The highest BCUT2D eigenvalue weighted by molar-refractivity contribution is 6.90. The normalized spacial score (nSPS) is 15.8. The van der Waals surface area contributed by atoms with Crippen molar-refractivity contribution < 1.29 is 127 Å². The second-order valence-electron chi connectivity index (χ2n) is 27.5. The lowest BCUT2D eigenvalue weighted by Gasteiger charge is -2.44. The third-order valence-corrected chi connectivity index (χ3v) is 22.7. The van der Waals surface area contributed by atoms with Gasteiger partial charge in [-0.2, -0.15) is 0 Å². The quantitative estimate of drug-likeness (QED) is 0.0246. The average Bonchev–Trinajstić information content (AvgIpc) is 0.748. The van der Waals surface area contributed by atoms with Crippen molar-refractivity contribution in [3.63, 3.8) is 0 Å². The molecule has 1 aromatic rings. The number of nitrogens with one attached hydrogen (secondary N) is 5. The van der Waals surface area contributed by atoms with E-state index in [1.807, 2.05) is 0 Å². The summed E-state index contributed by atoms with van der Waals surface area (Å²) in [6, 6.07) is -0.401. The molecule has 1 aliphatic heterocycles. The van der Waals surface area contributed by atoms with Crippen LogP contribution in [0.25, 0.3) is 0 Å². The van der Waals surface area contributed by atoms with Gasteiger partial charge in [0.1, 0.15) is 35.7 Å². The van der Waals surface area contributed by atoms with Crippen LogP contribution in [0.4, 0.5) is 4.11 Å². The van der Waals surface area contributed by atoms with Gasteiger partial charge in [-0.15, -0.1) is 0 Å². The number of hydrogen-bond acceptors (Lipinski definition) is 20. The minimum absolute atomic E-state index is 0.0109. The molecule has 1 aromatic carbocycles. The number of halogens is 1. The van der Waals surface area contributed by atoms with Crippen LogP contribution in [0.5, 0.6) is 0 Å². The Bertz CT molecular complexity index is 3040. The molecule has 0 aliphatic carbocycles. The average molecular weight is 1470 g/mol. The Balaban J connectivity index is 2.13. The number of carbonyl (C=O) groups excluding carboxylic acids is 7. The number of benzene rings is 1. The largest absolute Gasteiger partial charge is 0.481 e. The van der Waals surface area contributed by atoms with E-state index in [4.69, 9.17) is 5.11 Å². The van der Waals surface area contributed by atoms with Gasteiger partial charge in [-0.1, -0.05) is 60.1 Å². The van der Waals surface area contributed by atoms with Gasteiger partial charge in [0.15, 0.2) is 0 Å². The fourth-order valence-electron chi connectivity index (χ4n) is 12.0. The van der Waals surface area contributed by atoms with Crippen LogP contribution in [0.1, 0.15) is 161 Å². The second kappa shape index (κ2) is 43.8. The van der Waals surface area contributed by atoms with E-state index in [9.17, 15) is 118 Å². The van der Waals surface area contributed by atoms with Gasteiger partial charge >= 0.3 is 53.7 Å². The number of ketones is 2. The number of Topliss-reactive ketones (excluding diaryl/α,β-unsaturated/α-hetero) is 2. The summed E-state index contributed by atoms with van der Waals surface area (Å²) in [6.45, 7) is 8.74. The minimum Gasteiger partial charge on any atom is -0.481 e. The maximum atomic E-state index is 17.2. The summed E-state index contributed by atoms with van der Waals surface area (Å²) in [4.78, 5) is 205. The Hall–Kier alpha value is -8.87. The van der Waals surface area contributed by atoms with Gasteiger partial charge in [-0.05, 0) is 78.8 Å². The molecule has 1 fully saturated rings. The molecule has 0 spiro atoms. The summed E-state index contributed by atoms with van der Waals surface area (Å²) in [5.41, 5.74) is -0.0282. The molecule has 0 unspecified atom stereocenters. The number of carboxylic acids is 9. The minimum atomic E-state index is -3.81. The predicted molar refractivity (Wildman–Crippen MR) is 362 cm³/mol. The van der Waals surface area contributed by atoms with Crippen LogP contribution in [-0.2, 0) is 71.9 Å². The number of rotatable bonds is 46. The zero-order chi connectivity index (χ0) is 77.2. The molecule has 36 heteroatoms. The molecule has 14 N–H and O–H groups in total. The smallest absolute Gasteiger partial charge is 0.326 e. The van der Waals surface area contributed by atoms with Crippen molar-refractivity contribution in [2.75, 3.05) is 85.1 Å². The Kier molecular flexibility index (Phi) is 38.3. The number of unbranched alkanes of at least 4 members (excludes halogenated alkanes) is 2. The van der Waals surface area contributed by atoms with Crippen LogP contribution in [0.15, 0.2) is 24.3 Å². The molecule has 1 heterocycles. The van der Waals surface area contributed by atoms with E-state index in [1.165, 1.54) is 43.9 Å². The van der Waals surface area contributed by atoms with Crippen LogP contribution >= 0.6 is 0 Å². The Morgan fingerprint density at radius 1 is 0.431 bits per heavy atom. The van der Waals surface area contributed by atoms with Crippen LogP contribution in [0.2, 0.25) is 10.1 Å². The number of carbonyl (C=O) groups is 16. The summed E-state index contributed by atoms with van der Waals surface area (Å²) in [5.74, 6) is -20.1. The van der Waals surface area contributed by atoms with Crippen molar-refractivity contribution >= 4 is 108 Å². The molecule has 102 heavy (non-hydrogen) atoms. The van der Waals surface area contributed by atoms with Crippen molar-refractivity contribution in [1.29, 1.82) is 0 Å². The predicted octanol–water partition coefficient (Wildman–Crippen LogP) is 1.06. The number of carboxylic acid groups (broad SMARTS) is 9. The Morgan fingerprint density at radius 2 is 0.873 bits per heavy atom. The molecule has 572 valence electrons. The van der Waals surface area contributed by atoms with E-state index in [0.717, 1.165) is 0 Å². The lowest BCUT2D eigenvalue weighted by molar-refractivity contribution is -0.147. The summed E-state index contributed by atoms with van der Waals surface area (Å²) in [6.07, 6.45) is -4.24. The van der Waals surface area contributed by atoms with Crippen LogP contribution in [-0.4, -0.2) is 278 Å². The topological polar surface area (TPSA) is 528 Å². The molecule has 0 radical (unpaired) electrons. The zero-order valence-electron chi connectivity index (χ0n) is 58.7. The molecular weight excluding hydrogens is 1370 g/mol. The molecule has 0 aromatic heterocycles. The maximum Gasteiger partial charge on any atom is 0.326 e. The summed E-state index contributed by atoms with van der Waals surface area (Å²) >= 11 is 0. The SMILES string of the molecule is CC(C)(C)[Si](F)(c1ccc(C(=O)N[C@H](CNC(=O)CC[C@H](C(=O)O)N2CCN(CC(=O)O)CCN(CC(=O)O)CCN(CC(=O)O)CC2)C(=O)N[C@@H](CCCCNC(=O)CCC(=O)CCCC[C@H](NC(=O)CC[C@H](CC(=O)C[C@@H](CCC(=O)O)C(=O)O)C(=O)O)C(=O)O)C(=O)O)cc1)C(C)(C)C. The fourth-order valence-corrected chi connectivity index (χ4v) is 16.6.